The van der Waals surface area contributed by atoms with Gasteiger partial charge in [0.1, 0.15) is 0 Å². The first-order valence-corrected chi connectivity index (χ1v) is 6.65. The first kappa shape index (κ1) is 13.2. The molecule has 2 nitrogen and oxygen atoms in total. The Balaban J connectivity index is 1.87. The molecular formula is C13H16Cl2O2. The summed E-state index contributed by atoms with van der Waals surface area (Å²) in [7, 11) is 0. The Kier molecular flexibility index (Phi) is 4.69. The summed E-state index contributed by atoms with van der Waals surface area (Å²) in [5.74, 6) is 0. The third-order valence-corrected chi connectivity index (χ3v) is 4.01. The molecule has 4 heteroatoms. The van der Waals surface area contributed by atoms with Crippen LogP contribution in [0, 0.1) is 0 Å². The molecule has 1 fully saturated rings. The molecule has 0 bridgehead atoms. The van der Waals surface area contributed by atoms with Crippen molar-refractivity contribution in [3.8, 4) is 0 Å². The zero-order valence-corrected chi connectivity index (χ0v) is 11.0. The molecule has 1 aromatic rings. The van der Waals surface area contributed by atoms with Crippen LogP contribution < -0.4 is 0 Å². The minimum Gasteiger partial charge on any atom is -0.393 e. The molecule has 0 aliphatic heterocycles. The predicted octanol–water partition coefficient (Wildman–Crippen LogP) is 3.81. The Bertz CT molecular complexity index is 374. The molecule has 1 aliphatic rings. The van der Waals surface area contributed by atoms with Crippen LogP contribution in [0.5, 0.6) is 0 Å². The van der Waals surface area contributed by atoms with Gasteiger partial charge in [0.15, 0.2) is 0 Å². The number of ether oxygens (including phenoxy) is 1. The van der Waals surface area contributed by atoms with Gasteiger partial charge in [0.05, 0.1) is 28.9 Å². The van der Waals surface area contributed by atoms with Crippen LogP contribution in [-0.2, 0) is 11.3 Å². The Labute approximate surface area is 111 Å². The van der Waals surface area contributed by atoms with Gasteiger partial charge in [0, 0.05) is 0 Å². The topological polar surface area (TPSA) is 29.5 Å². The normalized spacial score (nSPS) is 24.9. The fourth-order valence-corrected chi connectivity index (χ4v) is 2.45. The molecule has 94 valence electrons. The lowest BCUT2D eigenvalue weighted by molar-refractivity contribution is -0.0118. The molecule has 0 saturated heterocycles. The van der Waals surface area contributed by atoms with Gasteiger partial charge in [-0.15, -0.1) is 0 Å². The van der Waals surface area contributed by atoms with E-state index in [0.29, 0.717) is 16.7 Å². The van der Waals surface area contributed by atoms with E-state index in [2.05, 4.69) is 0 Å². The van der Waals surface area contributed by atoms with Crippen molar-refractivity contribution in [2.75, 3.05) is 0 Å². The number of aliphatic hydroxyl groups is 1. The lowest BCUT2D eigenvalue weighted by Crippen LogP contribution is -2.24. The maximum Gasteiger partial charge on any atom is 0.0735 e. The maximum absolute atomic E-state index is 9.40. The minimum absolute atomic E-state index is 0.149. The molecular weight excluding hydrogens is 259 g/mol. The second-order valence-electron chi connectivity index (χ2n) is 4.45. The van der Waals surface area contributed by atoms with Crippen LogP contribution in [0.2, 0.25) is 10.0 Å². The SMILES string of the molecule is OC1CCC(OCc2cccc(Cl)c2Cl)CC1. The highest BCUT2D eigenvalue weighted by Crippen LogP contribution is 2.28. The van der Waals surface area contributed by atoms with Gasteiger partial charge >= 0.3 is 0 Å². The van der Waals surface area contributed by atoms with E-state index in [-0.39, 0.29) is 12.2 Å². The lowest BCUT2D eigenvalue weighted by atomic mass is 9.95. The third kappa shape index (κ3) is 3.59. The number of hydrogen-bond acceptors (Lipinski definition) is 2. The van der Waals surface area contributed by atoms with Crippen molar-refractivity contribution in [3.05, 3.63) is 33.8 Å². The molecule has 1 N–H and O–H groups in total. The molecule has 0 spiro atoms. The van der Waals surface area contributed by atoms with Gasteiger partial charge in [-0.3, -0.25) is 0 Å². The lowest BCUT2D eigenvalue weighted by Gasteiger charge is -2.25. The van der Waals surface area contributed by atoms with Crippen molar-refractivity contribution in [2.24, 2.45) is 0 Å². The molecule has 2 rings (SSSR count). The van der Waals surface area contributed by atoms with E-state index in [1.54, 1.807) is 6.07 Å². The molecule has 0 aromatic heterocycles. The fraction of sp³-hybridized carbons (Fsp3) is 0.538. The zero-order chi connectivity index (χ0) is 12.3. The van der Waals surface area contributed by atoms with Crippen LogP contribution in [0.25, 0.3) is 0 Å². The van der Waals surface area contributed by atoms with Crippen molar-refractivity contribution in [2.45, 2.75) is 44.5 Å². The van der Waals surface area contributed by atoms with Crippen molar-refractivity contribution in [1.82, 2.24) is 0 Å². The van der Waals surface area contributed by atoms with Crippen molar-refractivity contribution in [3.63, 3.8) is 0 Å². The first-order chi connectivity index (χ1) is 8.16. The number of rotatable bonds is 3. The number of halogens is 2. The highest BCUT2D eigenvalue weighted by Gasteiger charge is 2.20. The summed E-state index contributed by atoms with van der Waals surface area (Å²) >= 11 is 12.0. The van der Waals surface area contributed by atoms with Gasteiger partial charge in [0.2, 0.25) is 0 Å². The van der Waals surface area contributed by atoms with Crippen molar-refractivity contribution >= 4 is 23.2 Å². The first-order valence-electron chi connectivity index (χ1n) is 5.89. The summed E-state index contributed by atoms with van der Waals surface area (Å²) in [6, 6.07) is 5.56. The van der Waals surface area contributed by atoms with E-state index < -0.39 is 0 Å². The van der Waals surface area contributed by atoms with E-state index in [1.165, 1.54) is 0 Å². The Hall–Kier alpha value is -0.280. The average Bonchev–Trinajstić information content (AvgIpc) is 2.33. The second-order valence-corrected chi connectivity index (χ2v) is 5.24. The number of aliphatic hydroxyl groups excluding tert-OH is 1. The fourth-order valence-electron chi connectivity index (χ4n) is 2.08. The summed E-state index contributed by atoms with van der Waals surface area (Å²) in [6.07, 6.45) is 3.57. The molecule has 1 aliphatic carbocycles. The standard InChI is InChI=1S/C13H16Cl2O2/c14-12-3-1-2-9(13(12)15)8-17-11-6-4-10(16)5-7-11/h1-3,10-11,16H,4-8H2. The van der Waals surface area contributed by atoms with Crippen LogP contribution in [-0.4, -0.2) is 17.3 Å². The molecule has 0 radical (unpaired) electrons. The zero-order valence-electron chi connectivity index (χ0n) is 9.53. The summed E-state index contributed by atoms with van der Waals surface area (Å²) in [6.45, 7) is 0.486. The highest BCUT2D eigenvalue weighted by molar-refractivity contribution is 6.42. The molecule has 1 saturated carbocycles. The van der Waals surface area contributed by atoms with Crippen molar-refractivity contribution < 1.29 is 9.84 Å². The summed E-state index contributed by atoms with van der Waals surface area (Å²) in [5.41, 5.74) is 0.922. The van der Waals surface area contributed by atoms with E-state index in [1.807, 2.05) is 12.1 Å². The van der Waals surface area contributed by atoms with Crippen LogP contribution in [0.4, 0.5) is 0 Å². The van der Waals surface area contributed by atoms with E-state index >= 15 is 0 Å². The molecule has 0 unspecified atom stereocenters. The highest BCUT2D eigenvalue weighted by atomic mass is 35.5. The minimum atomic E-state index is -0.149. The van der Waals surface area contributed by atoms with Crippen LogP contribution in [0.15, 0.2) is 18.2 Å². The van der Waals surface area contributed by atoms with E-state index in [4.69, 9.17) is 27.9 Å². The monoisotopic (exact) mass is 274 g/mol. The molecule has 0 atom stereocenters. The van der Waals surface area contributed by atoms with Gasteiger partial charge in [-0.05, 0) is 37.3 Å². The number of benzene rings is 1. The average molecular weight is 275 g/mol. The van der Waals surface area contributed by atoms with Gasteiger partial charge < -0.3 is 9.84 Å². The third-order valence-electron chi connectivity index (χ3n) is 3.15. The van der Waals surface area contributed by atoms with Gasteiger partial charge in [-0.25, -0.2) is 0 Å². The predicted molar refractivity (Wildman–Crippen MR) is 69.5 cm³/mol. The Morgan fingerprint density at radius 2 is 1.88 bits per heavy atom. The quantitative estimate of drug-likeness (QED) is 0.908. The van der Waals surface area contributed by atoms with Crippen molar-refractivity contribution in [1.29, 1.82) is 0 Å². The van der Waals surface area contributed by atoms with Crippen LogP contribution in [0.1, 0.15) is 31.2 Å². The molecule has 17 heavy (non-hydrogen) atoms. The molecule has 0 amide bonds. The Morgan fingerprint density at radius 3 is 2.59 bits per heavy atom. The van der Waals surface area contributed by atoms with Gasteiger partial charge in [-0.1, -0.05) is 35.3 Å². The van der Waals surface area contributed by atoms with Crippen LogP contribution >= 0.6 is 23.2 Å². The Morgan fingerprint density at radius 1 is 1.18 bits per heavy atom. The summed E-state index contributed by atoms with van der Waals surface area (Å²) < 4.78 is 5.80. The summed E-state index contributed by atoms with van der Waals surface area (Å²) in [4.78, 5) is 0. The summed E-state index contributed by atoms with van der Waals surface area (Å²) in [5, 5.41) is 10.5. The van der Waals surface area contributed by atoms with E-state index in [9.17, 15) is 5.11 Å². The second kappa shape index (κ2) is 6.05. The number of hydrogen-bond donors (Lipinski definition) is 1. The molecule has 1 aromatic carbocycles. The van der Waals surface area contributed by atoms with E-state index in [0.717, 1.165) is 31.2 Å². The largest absolute Gasteiger partial charge is 0.393 e. The smallest absolute Gasteiger partial charge is 0.0735 e. The van der Waals surface area contributed by atoms with Crippen LogP contribution in [0.3, 0.4) is 0 Å². The molecule has 0 heterocycles. The van der Waals surface area contributed by atoms with Gasteiger partial charge in [-0.2, -0.15) is 0 Å². The maximum atomic E-state index is 9.40. The van der Waals surface area contributed by atoms with Gasteiger partial charge in [0.25, 0.3) is 0 Å².